The molecule has 1 aromatic carbocycles. The zero-order valence-corrected chi connectivity index (χ0v) is 11.6. The van der Waals surface area contributed by atoms with E-state index >= 15 is 0 Å². The Kier molecular flexibility index (Phi) is 4.99. The van der Waals surface area contributed by atoms with E-state index in [0.29, 0.717) is 5.69 Å². The Morgan fingerprint density at radius 1 is 1.37 bits per heavy atom. The first-order valence-electron chi connectivity index (χ1n) is 5.73. The first kappa shape index (κ1) is 15.1. The number of nitrogens with one attached hydrogen (secondary N) is 2. The van der Waals surface area contributed by atoms with E-state index in [1.807, 2.05) is 6.92 Å². The molecule has 0 spiro atoms. The monoisotopic (exact) mass is 287 g/mol. The second kappa shape index (κ2) is 6.28. The minimum atomic E-state index is -4.02. The fourth-order valence-corrected chi connectivity index (χ4v) is 2.20. The Morgan fingerprint density at radius 3 is 2.58 bits per heavy atom. The van der Waals surface area contributed by atoms with Crippen LogP contribution >= 0.6 is 0 Å². The second-order valence-corrected chi connectivity index (χ2v) is 5.11. The Morgan fingerprint density at radius 2 is 2.05 bits per heavy atom. The van der Waals surface area contributed by atoms with Gasteiger partial charge in [-0.15, -0.1) is 0 Å². The summed E-state index contributed by atoms with van der Waals surface area (Å²) in [5.41, 5.74) is 7.43. The topological polar surface area (TPSA) is 111 Å². The van der Waals surface area contributed by atoms with E-state index in [4.69, 9.17) is 5.73 Å². The number of hydrogen-bond donors (Lipinski definition) is 3. The predicted molar refractivity (Wildman–Crippen MR) is 72.9 cm³/mol. The van der Waals surface area contributed by atoms with Gasteiger partial charge < -0.3 is 10.5 Å². The van der Waals surface area contributed by atoms with Crippen molar-refractivity contribution in [3.63, 3.8) is 0 Å². The van der Waals surface area contributed by atoms with Crippen molar-refractivity contribution in [2.24, 2.45) is 0 Å². The highest BCUT2D eigenvalue weighted by Gasteiger charge is 2.15. The number of nitrogen functional groups attached to an aromatic ring is 1. The number of carbonyl (C=O) groups excluding carboxylic acids is 1. The van der Waals surface area contributed by atoms with Gasteiger partial charge in [-0.3, -0.25) is 4.72 Å². The van der Waals surface area contributed by atoms with Crippen LogP contribution in [-0.4, -0.2) is 21.1 Å². The van der Waals surface area contributed by atoms with Crippen LogP contribution in [0.25, 0.3) is 0 Å². The number of hydrogen-bond acceptors (Lipinski definition) is 5. The smallest absolute Gasteiger partial charge is 0.422 e. The van der Waals surface area contributed by atoms with E-state index in [1.165, 1.54) is 6.07 Å². The third-order valence-corrected chi connectivity index (χ3v) is 3.21. The number of amides is 1. The van der Waals surface area contributed by atoms with Crippen molar-refractivity contribution in [1.82, 2.24) is 4.72 Å². The Bertz CT molecular complexity index is 557. The standard InChI is InChI=1S/C11H17N3O4S/c1-3-8-5-6-9(7-10(8)12)13-19(16,17)14-11(15)18-4-2/h5-7,13H,3-4,12H2,1-2H3,(H,14,15). The lowest BCUT2D eigenvalue weighted by Crippen LogP contribution is -2.35. The molecule has 19 heavy (non-hydrogen) atoms. The molecule has 0 aliphatic heterocycles. The van der Waals surface area contributed by atoms with Crippen LogP contribution in [0.1, 0.15) is 19.4 Å². The second-order valence-electron chi connectivity index (χ2n) is 3.70. The highest BCUT2D eigenvalue weighted by atomic mass is 32.2. The van der Waals surface area contributed by atoms with Gasteiger partial charge in [-0.2, -0.15) is 8.42 Å². The third-order valence-electron chi connectivity index (χ3n) is 2.27. The Balaban J connectivity index is 2.78. The molecule has 0 unspecified atom stereocenters. The molecule has 0 aliphatic carbocycles. The van der Waals surface area contributed by atoms with Crippen molar-refractivity contribution in [2.45, 2.75) is 20.3 Å². The number of carbonyl (C=O) groups is 1. The van der Waals surface area contributed by atoms with E-state index < -0.39 is 16.3 Å². The zero-order valence-electron chi connectivity index (χ0n) is 10.8. The molecule has 7 nitrogen and oxygen atoms in total. The largest absolute Gasteiger partial charge is 0.449 e. The molecule has 4 N–H and O–H groups in total. The summed E-state index contributed by atoms with van der Waals surface area (Å²) in [6, 6.07) is 4.78. The van der Waals surface area contributed by atoms with Crippen molar-refractivity contribution < 1.29 is 17.9 Å². The van der Waals surface area contributed by atoms with Crippen LogP contribution in [0.5, 0.6) is 0 Å². The molecule has 0 aliphatic rings. The molecule has 1 rings (SSSR count). The molecule has 8 heteroatoms. The first-order valence-corrected chi connectivity index (χ1v) is 7.22. The number of anilines is 2. The number of nitrogens with two attached hydrogens (primary N) is 1. The average molecular weight is 287 g/mol. The molecule has 0 bridgehead atoms. The zero-order chi connectivity index (χ0) is 14.5. The van der Waals surface area contributed by atoms with Crippen molar-refractivity contribution in [1.29, 1.82) is 0 Å². The van der Waals surface area contributed by atoms with Gasteiger partial charge in [-0.05, 0) is 31.0 Å². The van der Waals surface area contributed by atoms with Gasteiger partial charge in [0.25, 0.3) is 0 Å². The lowest BCUT2D eigenvalue weighted by atomic mass is 10.1. The molecule has 0 heterocycles. The molecule has 0 atom stereocenters. The summed E-state index contributed by atoms with van der Waals surface area (Å²) < 4.78 is 31.5. The summed E-state index contributed by atoms with van der Waals surface area (Å²) in [5.74, 6) is 0. The van der Waals surface area contributed by atoms with E-state index in [9.17, 15) is 13.2 Å². The molecule has 106 valence electrons. The summed E-state index contributed by atoms with van der Waals surface area (Å²) in [6.45, 7) is 3.60. The third kappa shape index (κ3) is 4.66. The van der Waals surface area contributed by atoms with Crippen LogP contribution in [0.15, 0.2) is 18.2 Å². The predicted octanol–water partition coefficient (Wildman–Crippen LogP) is 1.23. The average Bonchev–Trinajstić information content (AvgIpc) is 2.27. The quantitative estimate of drug-likeness (QED) is 0.705. The summed E-state index contributed by atoms with van der Waals surface area (Å²) in [6.07, 6.45) is -0.284. The normalized spacial score (nSPS) is 10.8. The molecule has 0 fully saturated rings. The van der Waals surface area contributed by atoms with Gasteiger partial charge in [0.15, 0.2) is 0 Å². The highest BCUT2D eigenvalue weighted by Crippen LogP contribution is 2.19. The molecule has 0 saturated carbocycles. The number of rotatable bonds is 5. The van der Waals surface area contributed by atoms with E-state index in [-0.39, 0.29) is 12.3 Å². The lowest BCUT2D eigenvalue weighted by Gasteiger charge is -2.11. The van der Waals surface area contributed by atoms with Crippen molar-refractivity contribution >= 4 is 27.7 Å². The molecular weight excluding hydrogens is 270 g/mol. The van der Waals surface area contributed by atoms with Gasteiger partial charge in [0.1, 0.15) is 0 Å². The Hall–Kier alpha value is -1.96. The maximum atomic E-state index is 11.6. The van der Waals surface area contributed by atoms with Crippen LogP contribution in [0.2, 0.25) is 0 Å². The van der Waals surface area contributed by atoms with Crippen LogP contribution in [0.3, 0.4) is 0 Å². The number of aryl methyl sites for hydroxylation is 1. The minimum Gasteiger partial charge on any atom is -0.449 e. The molecule has 1 aromatic rings. The number of benzene rings is 1. The van der Waals surface area contributed by atoms with Crippen LogP contribution in [0, 0.1) is 0 Å². The van der Waals surface area contributed by atoms with Gasteiger partial charge in [-0.25, -0.2) is 9.52 Å². The molecule has 0 aromatic heterocycles. The van der Waals surface area contributed by atoms with Crippen LogP contribution < -0.4 is 15.2 Å². The van der Waals surface area contributed by atoms with Gasteiger partial charge in [-0.1, -0.05) is 13.0 Å². The van der Waals surface area contributed by atoms with Gasteiger partial charge in [0.05, 0.1) is 12.3 Å². The molecular formula is C11H17N3O4S. The fourth-order valence-electron chi connectivity index (χ4n) is 1.43. The maximum Gasteiger partial charge on any atom is 0.422 e. The molecule has 1 amide bonds. The van der Waals surface area contributed by atoms with Gasteiger partial charge in [0, 0.05) is 5.69 Å². The van der Waals surface area contributed by atoms with Crippen LogP contribution in [-0.2, 0) is 21.4 Å². The number of ether oxygens (including phenoxy) is 1. The fraction of sp³-hybridized carbons (Fsp3) is 0.364. The first-order chi connectivity index (χ1) is 8.88. The lowest BCUT2D eigenvalue weighted by molar-refractivity contribution is 0.159. The van der Waals surface area contributed by atoms with Crippen molar-refractivity contribution in [3.05, 3.63) is 23.8 Å². The highest BCUT2D eigenvalue weighted by molar-refractivity contribution is 7.91. The summed E-state index contributed by atoms with van der Waals surface area (Å²) >= 11 is 0. The Labute approximate surface area is 112 Å². The van der Waals surface area contributed by atoms with E-state index in [0.717, 1.165) is 12.0 Å². The van der Waals surface area contributed by atoms with Crippen molar-refractivity contribution in [2.75, 3.05) is 17.1 Å². The minimum absolute atomic E-state index is 0.0828. The molecule has 0 saturated heterocycles. The van der Waals surface area contributed by atoms with Crippen molar-refractivity contribution in [3.8, 4) is 0 Å². The van der Waals surface area contributed by atoms with Crippen LogP contribution in [0.4, 0.5) is 16.2 Å². The maximum absolute atomic E-state index is 11.6. The van der Waals surface area contributed by atoms with E-state index in [2.05, 4.69) is 9.46 Å². The molecule has 0 radical (unpaired) electrons. The van der Waals surface area contributed by atoms with E-state index in [1.54, 1.807) is 23.8 Å². The van der Waals surface area contributed by atoms with Gasteiger partial charge in [0.2, 0.25) is 0 Å². The SMILES string of the molecule is CCOC(=O)NS(=O)(=O)Nc1ccc(CC)c(N)c1. The summed E-state index contributed by atoms with van der Waals surface area (Å²) in [4.78, 5) is 11.0. The summed E-state index contributed by atoms with van der Waals surface area (Å²) in [5, 5.41) is 0. The van der Waals surface area contributed by atoms with Gasteiger partial charge >= 0.3 is 16.3 Å². The summed E-state index contributed by atoms with van der Waals surface area (Å²) in [7, 11) is -4.02.